The SMILES string of the molecule is Cc1ccc(S(=O)(=O)Oc2ccc3cc(-c4ccccc4)ccc3c2)cc1. The fourth-order valence-electron chi connectivity index (χ4n) is 2.97. The second-order valence-corrected chi connectivity index (χ2v) is 7.99. The summed E-state index contributed by atoms with van der Waals surface area (Å²) in [4.78, 5) is 0.146. The molecule has 4 heteroatoms. The molecule has 4 aromatic rings. The second kappa shape index (κ2) is 6.89. The van der Waals surface area contributed by atoms with Crippen molar-refractivity contribution >= 4 is 20.9 Å². The predicted molar refractivity (Wildman–Crippen MR) is 108 cm³/mol. The van der Waals surface area contributed by atoms with E-state index in [1.165, 1.54) is 0 Å². The van der Waals surface area contributed by atoms with Crippen molar-refractivity contribution in [2.75, 3.05) is 0 Å². The van der Waals surface area contributed by atoms with Gasteiger partial charge in [-0.2, -0.15) is 8.42 Å². The lowest BCUT2D eigenvalue weighted by atomic mass is 10.0. The van der Waals surface area contributed by atoms with Gasteiger partial charge in [0.2, 0.25) is 0 Å². The van der Waals surface area contributed by atoms with Crippen LogP contribution in [0.5, 0.6) is 5.75 Å². The third kappa shape index (κ3) is 3.71. The van der Waals surface area contributed by atoms with Gasteiger partial charge in [-0.1, -0.05) is 66.2 Å². The average Bonchev–Trinajstić information content (AvgIpc) is 2.68. The molecule has 0 aromatic heterocycles. The maximum atomic E-state index is 12.5. The minimum atomic E-state index is -3.85. The molecule has 134 valence electrons. The van der Waals surface area contributed by atoms with Crippen LogP contribution >= 0.6 is 0 Å². The Morgan fingerprint density at radius 2 is 1.33 bits per heavy atom. The molecule has 0 amide bonds. The summed E-state index contributed by atoms with van der Waals surface area (Å²) in [6.45, 7) is 1.91. The molecule has 0 aliphatic carbocycles. The first-order valence-electron chi connectivity index (χ1n) is 8.62. The molecule has 0 aliphatic heterocycles. The second-order valence-electron chi connectivity index (χ2n) is 6.44. The van der Waals surface area contributed by atoms with Gasteiger partial charge in [0.1, 0.15) is 10.6 Å². The highest BCUT2D eigenvalue weighted by atomic mass is 32.2. The first-order valence-corrected chi connectivity index (χ1v) is 10.0. The monoisotopic (exact) mass is 374 g/mol. The molecular formula is C23H18O3S. The molecule has 4 rings (SSSR count). The average molecular weight is 374 g/mol. The minimum absolute atomic E-state index is 0.146. The minimum Gasteiger partial charge on any atom is -0.379 e. The largest absolute Gasteiger partial charge is 0.379 e. The van der Waals surface area contributed by atoms with Crippen molar-refractivity contribution in [3.05, 3.63) is 96.6 Å². The van der Waals surface area contributed by atoms with Crippen LogP contribution in [0.3, 0.4) is 0 Å². The number of hydrogen-bond acceptors (Lipinski definition) is 3. The van der Waals surface area contributed by atoms with Crippen LogP contribution in [0.1, 0.15) is 5.56 Å². The molecular weight excluding hydrogens is 356 g/mol. The maximum absolute atomic E-state index is 12.5. The summed E-state index contributed by atoms with van der Waals surface area (Å²) in [5, 5.41) is 1.95. The zero-order valence-corrected chi connectivity index (χ0v) is 15.6. The molecule has 0 spiro atoms. The van der Waals surface area contributed by atoms with Crippen LogP contribution < -0.4 is 4.18 Å². The highest BCUT2D eigenvalue weighted by Crippen LogP contribution is 2.28. The Hall–Kier alpha value is -3.11. The molecule has 0 bridgehead atoms. The summed E-state index contributed by atoms with van der Waals surface area (Å²) in [7, 11) is -3.85. The van der Waals surface area contributed by atoms with Gasteiger partial charge in [0.15, 0.2) is 0 Å². The van der Waals surface area contributed by atoms with E-state index in [9.17, 15) is 8.42 Å². The first-order chi connectivity index (χ1) is 13.0. The van der Waals surface area contributed by atoms with E-state index >= 15 is 0 Å². The molecule has 0 saturated carbocycles. The van der Waals surface area contributed by atoms with E-state index in [4.69, 9.17) is 4.18 Å². The van der Waals surface area contributed by atoms with Gasteiger partial charge in [0, 0.05) is 0 Å². The van der Waals surface area contributed by atoms with Gasteiger partial charge < -0.3 is 4.18 Å². The summed E-state index contributed by atoms with van der Waals surface area (Å²) >= 11 is 0. The van der Waals surface area contributed by atoms with Gasteiger partial charge in [-0.05, 0) is 59.2 Å². The van der Waals surface area contributed by atoms with Gasteiger partial charge in [-0.15, -0.1) is 0 Å². The van der Waals surface area contributed by atoms with Crippen molar-refractivity contribution in [3.8, 4) is 16.9 Å². The predicted octanol–water partition coefficient (Wildman–Crippen LogP) is 5.58. The topological polar surface area (TPSA) is 43.4 Å². The van der Waals surface area contributed by atoms with Crippen molar-refractivity contribution in [1.29, 1.82) is 0 Å². The molecule has 0 atom stereocenters. The summed E-state index contributed by atoms with van der Waals surface area (Å²) < 4.78 is 30.3. The van der Waals surface area contributed by atoms with Gasteiger partial charge in [0.05, 0.1) is 0 Å². The van der Waals surface area contributed by atoms with E-state index < -0.39 is 10.1 Å². The number of aryl methyl sites for hydroxylation is 1. The third-order valence-corrected chi connectivity index (χ3v) is 5.70. The Morgan fingerprint density at radius 1 is 0.667 bits per heavy atom. The van der Waals surface area contributed by atoms with E-state index in [1.54, 1.807) is 36.4 Å². The zero-order chi connectivity index (χ0) is 18.9. The van der Waals surface area contributed by atoms with Crippen LogP contribution in [0.2, 0.25) is 0 Å². The number of rotatable bonds is 4. The molecule has 0 radical (unpaired) electrons. The first kappa shape index (κ1) is 17.3. The van der Waals surface area contributed by atoms with Crippen molar-refractivity contribution in [1.82, 2.24) is 0 Å². The summed E-state index contributed by atoms with van der Waals surface area (Å²) in [5.74, 6) is 0.301. The molecule has 0 saturated heterocycles. The van der Waals surface area contributed by atoms with E-state index in [1.807, 2.05) is 43.3 Å². The fourth-order valence-corrected chi connectivity index (χ4v) is 3.89. The van der Waals surface area contributed by atoms with E-state index in [-0.39, 0.29) is 4.90 Å². The summed E-state index contributed by atoms with van der Waals surface area (Å²) in [6.07, 6.45) is 0. The van der Waals surface area contributed by atoms with Crippen molar-refractivity contribution in [2.24, 2.45) is 0 Å². The zero-order valence-electron chi connectivity index (χ0n) is 14.8. The lowest BCUT2D eigenvalue weighted by Crippen LogP contribution is -2.09. The lowest BCUT2D eigenvalue weighted by molar-refractivity contribution is 0.486. The summed E-state index contributed by atoms with van der Waals surface area (Å²) in [6, 6.07) is 28.1. The summed E-state index contributed by atoms with van der Waals surface area (Å²) in [5.41, 5.74) is 3.25. The lowest BCUT2D eigenvalue weighted by Gasteiger charge is -2.09. The van der Waals surface area contributed by atoms with Crippen LogP contribution in [-0.4, -0.2) is 8.42 Å². The normalized spacial score (nSPS) is 11.4. The van der Waals surface area contributed by atoms with Crippen LogP contribution in [-0.2, 0) is 10.1 Å². The molecule has 0 unspecified atom stereocenters. The highest BCUT2D eigenvalue weighted by Gasteiger charge is 2.16. The standard InChI is InChI=1S/C23H18O3S/c1-17-7-13-23(14-8-17)27(24,25)26-22-12-11-20-15-19(9-10-21(20)16-22)18-5-3-2-4-6-18/h2-16H,1H3. The van der Waals surface area contributed by atoms with Gasteiger partial charge in [0.25, 0.3) is 0 Å². The molecule has 0 fully saturated rings. The van der Waals surface area contributed by atoms with Gasteiger partial charge >= 0.3 is 10.1 Å². The van der Waals surface area contributed by atoms with Crippen LogP contribution in [0.4, 0.5) is 0 Å². The van der Waals surface area contributed by atoms with E-state index in [0.717, 1.165) is 27.5 Å². The van der Waals surface area contributed by atoms with Crippen molar-refractivity contribution < 1.29 is 12.6 Å². The molecule has 3 nitrogen and oxygen atoms in total. The Morgan fingerprint density at radius 3 is 2.07 bits per heavy atom. The number of fused-ring (bicyclic) bond motifs is 1. The number of benzene rings is 4. The van der Waals surface area contributed by atoms with Crippen molar-refractivity contribution in [3.63, 3.8) is 0 Å². The Kier molecular flexibility index (Phi) is 4.42. The van der Waals surface area contributed by atoms with Crippen molar-refractivity contribution in [2.45, 2.75) is 11.8 Å². The van der Waals surface area contributed by atoms with Crippen LogP contribution in [0.25, 0.3) is 21.9 Å². The Balaban J connectivity index is 1.65. The molecule has 0 heterocycles. The Labute approximate surface area is 159 Å². The molecule has 27 heavy (non-hydrogen) atoms. The van der Waals surface area contributed by atoms with E-state index in [0.29, 0.717) is 5.75 Å². The quantitative estimate of drug-likeness (QED) is 0.438. The number of hydrogen-bond donors (Lipinski definition) is 0. The van der Waals surface area contributed by atoms with E-state index in [2.05, 4.69) is 18.2 Å². The molecule has 0 aliphatic rings. The molecule has 0 N–H and O–H groups in total. The van der Waals surface area contributed by atoms with Gasteiger partial charge in [-0.25, -0.2) is 0 Å². The highest BCUT2D eigenvalue weighted by molar-refractivity contribution is 7.87. The maximum Gasteiger partial charge on any atom is 0.339 e. The van der Waals surface area contributed by atoms with Crippen LogP contribution in [0, 0.1) is 6.92 Å². The van der Waals surface area contributed by atoms with Gasteiger partial charge in [-0.3, -0.25) is 0 Å². The molecule has 4 aromatic carbocycles. The smallest absolute Gasteiger partial charge is 0.339 e. The Bertz CT molecular complexity index is 1200. The fraction of sp³-hybridized carbons (Fsp3) is 0.0435. The van der Waals surface area contributed by atoms with Crippen LogP contribution in [0.15, 0.2) is 95.9 Å². The third-order valence-electron chi connectivity index (χ3n) is 4.43.